The van der Waals surface area contributed by atoms with Crippen LogP contribution in [0.25, 0.3) is 0 Å². The molecule has 0 heterocycles. The number of hydrogen-bond acceptors (Lipinski definition) is 4. The lowest BCUT2D eigenvalue weighted by Crippen LogP contribution is -2.42. The lowest BCUT2D eigenvalue weighted by Gasteiger charge is -2.26. The van der Waals surface area contributed by atoms with Gasteiger partial charge >= 0.3 is 0 Å². The highest BCUT2D eigenvalue weighted by Crippen LogP contribution is 2.27. The number of carbonyl (C=O) groups is 1. The number of aryl methyl sites for hydroxylation is 1. The van der Waals surface area contributed by atoms with Gasteiger partial charge in [0.1, 0.15) is 5.75 Å². The van der Waals surface area contributed by atoms with Crippen molar-refractivity contribution in [1.82, 2.24) is 0 Å². The number of amides is 1. The third-order valence-electron chi connectivity index (χ3n) is 4.31. The number of hydrogen-bond donors (Lipinski definition) is 1. The molecule has 0 aliphatic heterocycles. The largest absolute Gasteiger partial charge is 0.478 e. The Bertz CT molecular complexity index is 849. The van der Waals surface area contributed by atoms with Gasteiger partial charge in [0.2, 0.25) is 0 Å². The number of nitrogens with zero attached hydrogens (tertiary/aromatic N) is 1. The van der Waals surface area contributed by atoms with E-state index in [2.05, 4.69) is 26.1 Å². The van der Waals surface area contributed by atoms with Crippen molar-refractivity contribution in [3.63, 3.8) is 0 Å². The van der Waals surface area contributed by atoms with E-state index in [1.54, 1.807) is 20.8 Å². The van der Waals surface area contributed by atoms with Crippen LogP contribution in [-0.4, -0.2) is 16.4 Å². The van der Waals surface area contributed by atoms with Gasteiger partial charge in [-0.1, -0.05) is 32.9 Å². The van der Waals surface area contributed by atoms with Gasteiger partial charge in [0.05, 0.1) is 4.92 Å². The molecule has 0 radical (unpaired) electrons. The van der Waals surface area contributed by atoms with Gasteiger partial charge in [-0.2, -0.15) is 0 Å². The zero-order chi connectivity index (χ0) is 20.4. The van der Waals surface area contributed by atoms with Gasteiger partial charge < -0.3 is 10.1 Å². The van der Waals surface area contributed by atoms with Gasteiger partial charge in [0, 0.05) is 17.8 Å². The second-order valence-electron chi connectivity index (χ2n) is 8.10. The van der Waals surface area contributed by atoms with E-state index in [0.717, 1.165) is 0 Å². The molecule has 144 valence electrons. The highest BCUT2D eigenvalue weighted by atomic mass is 16.6. The lowest BCUT2D eigenvalue weighted by atomic mass is 9.87. The van der Waals surface area contributed by atoms with Gasteiger partial charge in [0.15, 0.2) is 5.60 Å². The fourth-order valence-corrected chi connectivity index (χ4v) is 2.54. The average molecular weight is 370 g/mol. The molecule has 1 N–H and O–H groups in total. The summed E-state index contributed by atoms with van der Waals surface area (Å²) in [6.45, 7) is 11.5. The maximum atomic E-state index is 12.7. The molecule has 2 rings (SSSR count). The van der Waals surface area contributed by atoms with Crippen LogP contribution in [0.2, 0.25) is 0 Å². The second kappa shape index (κ2) is 7.39. The monoisotopic (exact) mass is 370 g/mol. The summed E-state index contributed by atoms with van der Waals surface area (Å²) >= 11 is 0. The third-order valence-corrected chi connectivity index (χ3v) is 4.31. The molecule has 0 spiro atoms. The van der Waals surface area contributed by atoms with Crippen LogP contribution < -0.4 is 10.1 Å². The normalized spacial score (nSPS) is 11.8. The van der Waals surface area contributed by atoms with E-state index in [-0.39, 0.29) is 17.0 Å². The van der Waals surface area contributed by atoms with Crippen molar-refractivity contribution < 1.29 is 14.5 Å². The van der Waals surface area contributed by atoms with E-state index >= 15 is 0 Å². The molecule has 0 saturated carbocycles. The number of nitrogens with one attached hydrogen (secondary N) is 1. The number of non-ortho nitro benzene ring substituents is 1. The van der Waals surface area contributed by atoms with Crippen molar-refractivity contribution in [1.29, 1.82) is 0 Å². The number of nitro groups is 1. The first-order chi connectivity index (χ1) is 12.4. The number of ether oxygens (including phenoxy) is 1. The topological polar surface area (TPSA) is 81.5 Å². The summed E-state index contributed by atoms with van der Waals surface area (Å²) < 4.78 is 5.89. The SMILES string of the molecule is Cc1cc([N+](=O)[O-])ccc1NC(=O)C(C)(C)Oc1ccc(C(C)(C)C)cc1. The van der Waals surface area contributed by atoms with Crippen molar-refractivity contribution in [2.75, 3.05) is 5.32 Å². The summed E-state index contributed by atoms with van der Waals surface area (Å²) in [5, 5.41) is 13.6. The van der Waals surface area contributed by atoms with Crippen LogP contribution in [0.1, 0.15) is 45.7 Å². The van der Waals surface area contributed by atoms with Gasteiger partial charge in [-0.15, -0.1) is 0 Å². The van der Waals surface area contributed by atoms with Gasteiger partial charge in [-0.3, -0.25) is 14.9 Å². The fraction of sp³-hybridized carbons (Fsp3) is 0.381. The first-order valence-electron chi connectivity index (χ1n) is 8.76. The molecule has 2 aromatic carbocycles. The maximum absolute atomic E-state index is 12.7. The second-order valence-corrected chi connectivity index (χ2v) is 8.10. The summed E-state index contributed by atoms with van der Waals surface area (Å²) in [5.74, 6) is 0.267. The van der Waals surface area contributed by atoms with Crippen molar-refractivity contribution in [3.05, 3.63) is 63.7 Å². The maximum Gasteiger partial charge on any atom is 0.269 e. The summed E-state index contributed by atoms with van der Waals surface area (Å²) in [6.07, 6.45) is 0. The molecule has 0 saturated heterocycles. The summed E-state index contributed by atoms with van der Waals surface area (Å²) in [7, 11) is 0. The van der Waals surface area contributed by atoms with Crippen molar-refractivity contribution in [2.45, 2.75) is 52.6 Å². The van der Waals surface area contributed by atoms with E-state index < -0.39 is 10.5 Å². The van der Waals surface area contributed by atoms with E-state index in [0.29, 0.717) is 17.0 Å². The summed E-state index contributed by atoms with van der Waals surface area (Å²) in [4.78, 5) is 23.0. The smallest absolute Gasteiger partial charge is 0.269 e. The molecule has 0 bridgehead atoms. The standard InChI is InChI=1S/C21H26N2O4/c1-14-13-16(23(25)26)9-12-18(14)22-19(24)21(5,6)27-17-10-7-15(8-11-17)20(2,3)4/h7-13H,1-6H3,(H,22,24). The van der Waals surface area contributed by atoms with Crippen LogP contribution in [0.5, 0.6) is 5.75 Å². The molecule has 0 aliphatic rings. The first-order valence-corrected chi connectivity index (χ1v) is 8.76. The lowest BCUT2D eigenvalue weighted by molar-refractivity contribution is -0.384. The quantitative estimate of drug-likeness (QED) is 0.593. The molecule has 2 aromatic rings. The Kier molecular flexibility index (Phi) is 5.59. The van der Waals surface area contributed by atoms with Crippen LogP contribution in [0, 0.1) is 17.0 Å². The van der Waals surface area contributed by atoms with E-state index in [1.807, 2.05) is 24.3 Å². The van der Waals surface area contributed by atoms with E-state index in [4.69, 9.17) is 4.74 Å². The predicted octanol–water partition coefficient (Wildman–Crippen LogP) is 5.00. The number of nitro benzene ring substituents is 1. The van der Waals surface area contributed by atoms with Crippen LogP contribution >= 0.6 is 0 Å². The Morgan fingerprint density at radius 3 is 2.11 bits per heavy atom. The number of anilines is 1. The van der Waals surface area contributed by atoms with E-state index in [9.17, 15) is 14.9 Å². The minimum atomic E-state index is -1.11. The van der Waals surface area contributed by atoms with Crippen molar-refractivity contribution >= 4 is 17.3 Å². The molecule has 0 fully saturated rings. The Labute approximate surface area is 159 Å². The summed E-state index contributed by atoms with van der Waals surface area (Å²) in [6, 6.07) is 12.0. The minimum absolute atomic E-state index is 0.0139. The van der Waals surface area contributed by atoms with Crippen LogP contribution in [-0.2, 0) is 10.2 Å². The van der Waals surface area contributed by atoms with Crippen molar-refractivity contribution in [3.8, 4) is 5.75 Å². The van der Waals surface area contributed by atoms with Gasteiger partial charge in [-0.05, 0) is 55.5 Å². The summed E-state index contributed by atoms with van der Waals surface area (Å²) in [5.41, 5.74) is 1.22. The molecule has 0 aromatic heterocycles. The molecule has 0 atom stereocenters. The zero-order valence-electron chi connectivity index (χ0n) is 16.6. The molecular weight excluding hydrogens is 344 g/mol. The molecule has 27 heavy (non-hydrogen) atoms. The molecule has 0 unspecified atom stereocenters. The first kappa shape index (κ1) is 20.4. The fourth-order valence-electron chi connectivity index (χ4n) is 2.54. The highest BCUT2D eigenvalue weighted by molar-refractivity contribution is 5.97. The zero-order valence-corrected chi connectivity index (χ0v) is 16.6. The molecule has 1 amide bonds. The van der Waals surface area contributed by atoms with Crippen LogP contribution in [0.3, 0.4) is 0 Å². The molecule has 6 nitrogen and oxygen atoms in total. The third kappa shape index (κ3) is 5.06. The van der Waals surface area contributed by atoms with E-state index in [1.165, 1.54) is 23.8 Å². The Balaban J connectivity index is 2.12. The molecule has 6 heteroatoms. The number of benzene rings is 2. The van der Waals surface area contributed by atoms with Crippen molar-refractivity contribution in [2.24, 2.45) is 0 Å². The Hall–Kier alpha value is -2.89. The van der Waals surface area contributed by atoms with Gasteiger partial charge in [0.25, 0.3) is 11.6 Å². The Morgan fingerprint density at radius 1 is 1.04 bits per heavy atom. The Morgan fingerprint density at radius 2 is 1.63 bits per heavy atom. The molecular formula is C21H26N2O4. The van der Waals surface area contributed by atoms with Crippen LogP contribution in [0.4, 0.5) is 11.4 Å². The average Bonchev–Trinajstić information content (AvgIpc) is 2.55. The number of rotatable bonds is 5. The predicted molar refractivity (Wildman–Crippen MR) is 106 cm³/mol. The highest BCUT2D eigenvalue weighted by Gasteiger charge is 2.30. The minimum Gasteiger partial charge on any atom is -0.478 e. The number of carbonyl (C=O) groups excluding carboxylic acids is 1. The molecule has 0 aliphatic carbocycles. The van der Waals surface area contributed by atoms with Crippen LogP contribution in [0.15, 0.2) is 42.5 Å². The van der Waals surface area contributed by atoms with Gasteiger partial charge in [-0.25, -0.2) is 0 Å².